The molecule has 1 heterocycles. The van der Waals surface area contributed by atoms with E-state index in [1.807, 2.05) is 31.9 Å². The van der Waals surface area contributed by atoms with E-state index >= 15 is 0 Å². The molecule has 0 radical (unpaired) electrons. The Bertz CT molecular complexity index is 411. The normalized spacial score (nSPS) is 11.6. The van der Waals surface area contributed by atoms with Gasteiger partial charge >= 0.3 is 0 Å². The first-order valence-corrected chi connectivity index (χ1v) is 5.56. The van der Waals surface area contributed by atoms with Gasteiger partial charge in [-0.3, -0.25) is 0 Å². The summed E-state index contributed by atoms with van der Waals surface area (Å²) in [5.74, 6) is 1.59. The van der Waals surface area contributed by atoms with Gasteiger partial charge in [-0.1, -0.05) is 0 Å². The first-order chi connectivity index (χ1) is 8.06. The lowest BCUT2D eigenvalue weighted by Crippen LogP contribution is -2.24. The van der Waals surface area contributed by atoms with Crippen LogP contribution in [-0.4, -0.2) is 30.1 Å². The van der Waals surface area contributed by atoms with Crippen molar-refractivity contribution >= 4 is 17.6 Å². The monoisotopic (exact) mass is 234 g/mol. The molecule has 0 fully saturated rings. The molecule has 1 aromatic rings. The molecule has 92 valence electrons. The summed E-state index contributed by atoms with van der Waals surface area (Å²) < 4.78 is 0. The number of nitriles is 1. The maximum absolute atomic E-state index is 8.78. The maximum Gasteiger partial charge on any atom is 0.223 e. The average molecular weight is 234 g/mol. The Hall–Kier alpha value is -2.03. The smallest absolute Gasteiger partial charge is 0.223 e. The molecule has 0 aliphatic rings. The number of hydrogen-bond donors (Lipinski definition) is 2. The first kappa shape index (κ1) is 13.0. The highest BCUT2D eigenvalue weighted by atomic mass is 15.2. The molecule has 0 aliphatic carbocycles. The van der Waals surface area contributed by atoms with Crippen LogP contribution >= 0.6 is 0 Å². The quantitative estimate of drug-likeness (QED) is 0.792. The second-order valence-corrected chi connectivity index (χ2v) is 3.91. The minimum Gasteiger partial charge on any atom is -0.370 e. The van der Waals surface area contributed by atoms with E-state index in [1.54, 1.807) is 0 Å². The van der Waals surface area contributed by atoms with E-state index in [0.717, 1.165) is 12.4 Å². The number of nitrogen functional groups attached to an aromatic ring is 1. The zero-order valence-electron chi connectivity index (χ0n) is 10.4. The van der Waals surface area contributed by atoms with Crippen LogP contribution in [0.5, 0.6) is 0 Å². The van der Waals surface area contributed by atoms with Crippen LogP contribution in [0.2, 0.25) is 0 Å². The molecule has 0 bridgehead atoms. The summed E-state index contributed by atoms with van der Waals surface area (Å²) in [5, 5.41) is 11.9. The number of nitrogens with one attached hydrogen (secondary N) is 1. The van der Waals surface area contributed by atoms with Gasteiger partial charge in [0.15, 0.2) is 0 Å². The highest BCUT2D eigenvalue weighted by Gasteiger charge is 2.09. The van der Waals surface area contributed by atoms with Crippen molar-refractivity contribution in [2.24, 2.45) is 5.92 Å². The van der Waals surface area contributed by atoms with Crippen LogP contribution in [0.1, 0.15) is 13.8 Å². The molecule has 0 aromatic carbocycles. The minimum atomic E-state index is -0.0567. The average Bonchev–Trinajstić information content (AvgIpc) is 2.28. The van der Waals surface area contributed by atoms with Gasteiger partial charge in [-0.25, -0.2) is 0 Å². The van der Waals surface area contributed by atoms with Gasteiger partial charge in [-0.15, -0.1) is 0 Å². The summed E-state index contributed by atoms with van der Waals surface area (Å²) in [5.41, 5.74) is 5.64. The molecule has 1 atom stereocenters. The number of anilines is 3. The molecule has 0 spiro atoms. The van der Waals surface area contributed by atoms with Gasteiger partial charge in [0, 0.05) is 26.2 Å². The third-order valence-electron chi connectivity index (χ3n) is 2.25. The molecule has 0 saturated carbocycles. The highest BCUT2D eigenvalue weighted by molar-refractivity contribution is 5.52. The summed E-state index contributed by atoms with van der Waals surface area (Å²) in [6.07, 6.45) is 0. The third-order valence-corrected chi connectivity index (χ3v) is 2.25. The van der Waals surface area contributed by atoms with Gasteiger partial charge in [0.1, 0.15) is 11.6 Å². The van der Waals surface area contributed by atoms with Crippen LogP contribution in [0.3, 0.4) is 0 Å². The summed E-state index contributed by atoms with van der Waals surface area (Å²) in [6, 6.07) is 4.01. The van der Waals surface area contributed by atoms with Crippen molar-refractivity contribution in [1.82, 2.24) is 9.97 Å². The molecule has 17 heavy (non-hydrogen) atoms. The number of aromatic nitrogens is 2. The van der Waals surface area contributed by atoms with E-state index in [1.165, 1.54) is 0 Å². The van der Waals surface area contributed by atoms with E-state index in [2.05, 4.69) is 21.4 Å². The molecule has 1 aromatic heterocycles. The number of rotatable bonds is 5. The van der Waals surface area contributed by atoms with E-state index in [9.17, 15) is 0 Å². The second kappa shape index (κ2) is 5.89. The summed E-state index contributed by atoms with van der Waals surface area (Å²) in [4.78, 5) is 10.1. The third kappa shape index (κ3) is 3.79. The molecule has 0 aliphatic heterocycles. The highest BCUT2D eigenvalue weighted by Crippen LogP contribution is 2.16. The largest absolute Gasteiger partial charge is 0.370 e. The molecular weight excluding hydrogens is 216 g/mol. The fourth-order valence-electron chi connectivity index (χ4n) is 1.46. The molecule has 6 heteroatoms. The number of nitrogens with two attached hydrogens (primary N) is 1. The van der Waals surface area contributed by atoms with Crippen molar-refractivity contribution in [2.45, 2.75) is 13.8 Å². The van der Waals surface area contributed by atoms with E-state index in [-0.39, 0.29) is 11.9 Å². The standard InChI is InChI=1S/C11H18N6/c1-4-14-9-5-10(16-11(13)15-9)17(3)7-8(2)6-12/h5,8H,4,7H2,1-3H3,(H3,13,14,15,16). The van der Waals surface area contributed by atoms with Crippen molar-refractivity contribution < 1.29 is 0 Å². The van der Waals surface area contributed by atoms with Gasteiger partial charge < -0.3 is 16.0 Å². The van der Waals surface area contributed by atoms with Crippen LogP contribution in [-0.2, 0) is 0 Å². The number of nitrogens with zero attached hydrogens (tertiary/aromatic N) is 4. The Morgan fingerprint density at radius 1 is 1.59 bits per heavy atom. The Morgan fingerprint density at radius 3 is 2.88 bits per heavy atom. The van der Waals surface area contributed by atoms with Crippen LogP contribution in [0, 0.1) is 17.2 Å². The van der Waals surface area contributed by atoms with Gasteiger partial charge in [-0.05, 0) is 13.8 Å². The lowest BCUT2D eigenvalue weighted by atomic mass is 10.2. The lowest BCUT2D eigenvalue weighted by molar-refractivity contribution is 0.710. The molecule has 0 amide bonds. The van der Waals surface area contributed by atoms with E-state index in [4.69, 9.17) is 11.0 Å². The SMILES string of the molecule is CCNc1cc(N(C)CC(C)C#N)nc(N)n1. The fraction of sp³-hybridized carbons (Fsp3) is 0.545. The van der Waals surface area contributed by atoms with Crippen LogP contribution in [0.4, 0.5) is 17.6 Å². The van der Waals surface area contributed by atoms with E-state index in [0.29, 0.717) is 12.4 Å². The van der Waals surface area contributed by atoms with Crippen molar-refractivity contribution in [2.75, 3.05) is 36.1 Å². The Morgan fingerprint density at radius 2 is 2.29 bits per heavy atom. The zero-order chi connectivity index (χ0) is 12.8. The Kier molecular flexibility index (Phi) is 4.52. The van der Waals surface area contributed by atoms with Crippen molar-refractivity contribution in [3.63, 3.8) is 0 Å². The molecule has 0 saturated heterocycles. The van der Waals surface area contributed by atoms with Crippen molar-refractivity contribution in [3.05, 3.63) is 6.07 Å². The summed E-state index contributed by atoms with van der Waals surface area (Å²) >= 11 is 0. The predicted molar refractivity (Wildman–Crippen MR) is 68.7 cm³/mol. The maximum atomic E-state index is 8.78. The predicted octanol–water partition coefficient (Wildman–Crippen LogP) is 1.09. The van der Waals surface area contributed by atoms with Gasteiger partial charge in [0.05, 0.1) is 12.0 Å². The molecule has 3 N–H and O–H groups in total. The van der Waals surface area contributed by atoms with Crippen LogP contribution < -0.4 is 16.0 Å². The minimum absolute atomic E-state index is 0.0567. The fourth-order valence-corrected chi connectivity index (χ4v) is 1.46. The molecule has 1 unspecified atom stereocenters. The second-order valence-electron chi connectivity index (χ2n) is 3.91. The summed E-state index contributed by atoms with van der Waals surface area (Å²) in [7, 11) is 1.88. The topological polar surface area (TPSA) is 90.9 Å². The van der Waals surface area contributed by atoms with Crippen LogP contribution in [0.15, 0.2) is 6.07 Å². The van der Waals surface area contributed by atoms with Crippen molar-refractivity contribution in [1.29, 1.82) is 5.26 Å². The van der Waals surface area contributed by atoms with Gasteiger partial charge in [0.2, 0.25) is 5.95 Å². The Balaban J connectivity index is 2.86. The van der Waals surface area contributed by atoms with Gasteiger partial charge in [0.25, 0.3) is 0 Å². The molecule has 6 nitrogen and oxygen atoms in total. The summed E-state index contributed by atoms with van der Waals surface area (Å²) in [6.45, 7) is 5.23. The first-order valence-electron chi connectivity index (χ1n) is 5.56. The molecular formula is C11H18N6. The Labute approximate surface area is 101 Å². The van der Waals surface area contributed by atoms with Crippen LogP contribution in [0.25, 0.3) is 0 Å². The van der Waals surface area contributed by atoms with Gasteiger partial charge in [-0.2, -0.15) is 15.2 Å². The lowest BCUT2D eigenvalue weighted by Gasteiger charge is -2.20. The molecule has 1 rings (SSSR count). The zero-order valence-corrected chi connectivity index (χ0v) is 10.4. The van der Waals surface area contributed by atoms with E-state index < -0.39 is 0 Å². The number of hydrogen-bond acceptors (Lipinski definition) is 6. The van der Waals surface area contributed by atoms with Crippen molar-refractivity contribution in [3.8, 4) is 6.07 Å².